The van der Waals surface area contributed by atoms with Crippen molar-refractivity contribution in [2.75, 3.05) is 40.9 Å². The number of Topliss-reactive ketones (excluding diaryl/α,β-unsaturated/α-hetero) is 1. The average Bonchev–Trinajstić information content (AvgIpc) is 2.27. The minimum absolute atomic E-state index is 0.101. The van der Waals surface area contributed by atoms with Gasteiger partial charge in [0, 0.05) is 13.7 Å². The number of quaternary nitrogens is 1. The number of rotatable bonds is 7. The van der Waals surface area contributed by atoms with E-state index in [2.05, 4.69) is 5.32 Å². The Morgan fingerprint density at radius 3 is 2.29 bits per heavy atom. The van der Waals surface area contributed by atoms with Crippen molar-refractivity contribution in [1.82, 2.24) is 5.32 Å². The summed E-state index contributed by atoms with van der Waals surface area (Å²) in [4.78, 5) is 34.3. The molecule has 0 heterocycles. The fourth-order valence-electron chi connectivity index (χ4n) is 1.19. The van der Waals surface area contributed by atoms with Gasteiger partial charge in [0.25, 0.3) is 5.78 Å². The second-order valence-corrected chi connectivity index (χ2v) is 4.18. The van der Waals surface area contributed by atoms with E-state index in [0.717, 1.165) is 0 Å². The molecule has 0 atom stereocenters. The third-order valence-electron chi connectivity index (χ3n) is 2.39. The lowest BCUT2D eigenvalue weighted by atomic mass is 10.2. The van der Waals surface area contributed by atoms with Gasteiger partial charge in [-0.25, -0.2) is 4.79 Å². The second-order valence-electron chi connectivity index (χ2n) is 4.18. The van der Waals surface area contributed by atoms with Gasteiger partial charge in [-0.3, -0.25) is 14.1 Å². The number of amides is 2. The summed E-state index contributed by atoms with van der Waals surface area (Å²) < 4.78 is 5.04. The van der Waals surface area contributed by atoms with Crippen LogP contribution in [0.3, 0.4) is 0 Å². The molecule has 6 nitrogen and oxygen atoms in total. The van der Waals surface area contributed by atoms with E-state index in [4.69, 9.17) is 4.74 Å². The molecule has 0 rings (SSSR count). The third-order valence-corrected chi connectivity index (χ3v) is 2.39. The topological polar surface area (TPSA) is 72.5 Å². The summed E-state index contributed by atoms with van der Waals surface area (Å²) in [6.45, 7) is 3.24. The predicted molar refractivity (Wildman–Crippen MR) is 62.2 cm³/mol. The van der Waals surface area contributed by atoms with Gasteiger partial charge in [-0.1, -0.05) is 0 Å². The highest BCUT2D eigenvalue weighted by molar-refractivity contribution is 6.36. The molecule has 17 heavy (non-hydrogen) atoms. The number of nitrogens with one attached hydrogen (secondary N) is 1. The number of ketones is 1. The van der Waals surface area contributed by atoms with Gasteiger partial charge in [0.2, 0.25) is 5.91 Å². The summed E-state index contributed by atoms with van der Waals surface area (Å²) in [6, 6.07) is 0. The lowest BCUT2D eigenvalue weighted by Crippen LogP contribution is -2.51. The Morgan fingerprint density at radius 2 is 1.82 bits per heavy atom. The minimum atomic E-state index is -0.675. The van der Waals surface area contributed by atoms with Crippen molar-refractivity contribution in [1.29, 1.82) is 0 Å². The van der Waals surface area contributed by atoms with Gasteiger partial charge >= 0.3 is 5.91 Å². The number of likely N-dealkylation sites (N-methyl/N-ethyl adjacent to an activating group) is 1. The van der Waals surface area contributed by atoms with Crippen molar-refractivity contribution in [3.63, 3.8) is 0 Å². The van der Waals surface area contributed by atoms with Gasteiger partial charge in [0.1, 0.15) is 6.54 Å². The van der Waals surface area contributed by atoms with Crippen molar-refractivity contribution in [3.8, 4) is 0 Å². The minimum Gasteiger partial charge on any atom is -0.376 e. The van der Waals surface area contributed by atoms with Crippen LogP contribution < -0.4 is 5.32 Å². The van der Waals surface area contributed by atoms with Crippen molar-refractivity contribution >= 4 is 17.6 Å². The summed E-state index contributed by atoms with van der Waals surface area (Å²) in [5.74, 6) is -1.70. The Hall–Kier alpha value is -1.27. The predicted octanol–water partition coefficient (Wildman–Crippen LogP) is -0.669. The zero-order valence-electron chi connectivity index (χ0n) is 10.9. The van der Waals surface area contributed by atoms with Crippen LogP contribution in [0.1, 0.15) is 13.3 Å². The largest absolute Gasteiger partial charge is 0.381 e. The fraction of sp³-hybridized carbons (Fsp3) is 0.727. The highest BCUT2D eigenvalue weighted by atomic mass is 16.5. The SMILES string of the molecule is CCOCC[N+](C)(C)C(=O)C(=O)CC(=O)NC. The lowest BCUT2D eigenvalue weighted by molar-refractivity contribution is -0.810. The molecule has 0 aromatic carbocycles. The lowest BCUT2D eigenvalue weighted by Gasteiger charge is -2.25. The Bertz CT molecular complexity index is 300. The number of nitrogens with zero attached hydrogens (tertiary/aromatic N) is 1. The van der Waals surface area contributed by atoms with Crippen LogP contribution in [0.25, 0.3) is 0 Å². The van der Waals surface area contributed by atoms with Crippen LogP contribution in [0, 0.1) is 0 Å². The number of hydrogen-bond donors (Lipinski definition) is 1. The molecule has 0 aromatic rings. The van der Waals surface area contributed by atoms with Crippen LogP contribution in [0.15, 0.2) is 0 Å². The maximum atomic E-state index is 11.8. The standard InChI is InChI=1S/C11H20N2O4/c1-5-17-7-6-13(3,4)11(16)9(14)8-10(15)12-2/h5-8H2,1-4H3/p+1. The Balaban J connectivity index is 4.35. The molecule has 0 unspecified atom stereocenters. The number of carbonyl (C=O) groups excluding carboxylic acids is 3. The van der Waals surface area contributed by atoms with E-state index in [0.29, 0.717) is 19.8 Å². The van der Waals surface area contributed by atoms with E-state index < -0.39 is 24.0 Å². The van der Waals surface area contributed by atoms with Crippen LogP contribution in [0.4, 0.5) is 0 Å². The van der Waals surface area contributed by atoms with Gasteiger partial charge in [-0.15, -0.1) is 0 Å². The third kappa shape index (κ3) is 5.55. The summed E-state index contributed by atoms with van der Waals surface area (Å²) in [5.41, 5.74) is 0. The first-order valence-electron chi connectivity index (χ1n) is 5.54. The van der Waals surface area contributed by atoms with E-state index in [1.807, 2.05) is 6.92 Å². The van der Waals surface area contributed by atoms with Gasteiger partial charge in [0.15, 0.2) is 0 Å². The Labute approximate surface area is 102 Å². The molecule has 0 saturated carbocycles. The maximum Gasteiger partial charge on any atom is 0.381 e. The normalized spacial score (nSPS) is 11.1. The van der Waals surface area contributed by atoms with Crippen molar-refractivity contribution in [2.24, 2.45) is 0 Å². The monoisotopic (exact) mass is 245 g/mol. The van der Waals surface area contributed by atoms with Crippen LogP contribution in [-0.2, 0) is 19.1 Å². The molecule has 0 saturated heterocycles. The van der Waals surface area contributed by atoms with Crippen molar-refractivity contribution in [3.05, 3.63) is 0 Å². The number of hydrogen-bond acceptors (Lipinski definition) is 4. The van der Waals surface area contributed by atoms with E-state index in [1.54, 1.807) is 14.1 Å². The van der Waals surface area contributed by atoms with Gasteiger partial charge in [0.05, 0.1) is 27.1 Å². The number of ether oxygens (including phenoxy) is 1. The molecule has 0 radical (unpaired) electrons. The summed E-state index contributed by atoms with van der Waals surface area (Å²) in [7, 11) is 4.68. The first-order chi connectivity index (χ1) is 7.85. The van der Waals surface area contributed by atoms with Crippen LogP contribution in [-0.4, -0.2) is 63.0 Å². The zero-order chi connectivity index (χ0) is 13.5. The summed E-state index contributed by atoms with van der Waals surface area (Å²) in [6.07, 6.45) is -0.397. The van der Waals surface area contributed by atoms with E-state index in [9.17, 15) is 14.4 Å². The fourth-order valence-corrected chi connectivity index (χ4v) is 1.19. The molecule has 0 spiro atoms. The van der Waals surface area contributed by atoms with E-state index in [-0.39, 0.29) is 4.48 Å². The molecule has 0 aliphatic carbocycles. The average molecular weight is 245 g/mol. The van der Waals surface area contributed by atoms with Crippen LogP contribution in [0.2, 0.25) is 0 Å². The quantitative estimate of drug-likeness (QED) is 0.279. The Morgan fingerprint density at radius 1 is 1.24 bits per heavy atom. The van der Waals surface area contributed by atoms with E-state index >= 15 is 0 Å². The van der Waals surface area contributed by atoms with Crippen LogP contribution in [0.5, 0.6) is 0 Å². The van der Waals surface area contributed by atoms with Gasteiger partial charge in [-0.2, -0.15) is 0 Å². The highest BCUT2D eigenvalue weighted by Crippen LogP contribution is 2.01. The molecule has 0 aliphatic heterocycles. The molecule has 0 fully saturated rings. The van der Waals surface area contributed by atoms with Gasteiger partial charge in [-0.05, 0) is 6.92 Å². The van der Waals surface area contributed by atoms with Crippen molar-refractivity contribution < 1.29 is 23.6 Å². The molecule has 0 bridgehead atoms. The molecule has 2 amide bonds. The molecule has 0 aromatic heterocycles. The molecular formula is C11H21N2O4+. The summed E-state index contributed by atoms with van der Waals surface area (Å²) >= 11 is 0. The van der Waals surface area contributed by atoms with E-state index in [1.165, 1.54) is 7.05 Å². The number of carbonyl (C=O) groups is 3. The first-order valence-corrected chi connectivity index (χ1v) is 5.54. The maximum absolute atomic E-state index is 11.8. The highest BCUT2D eigenvalue weighted by Gasteiger charge is 2.33. The van der Waals surface area contributed by atoms with Gasteiger partial charge < -0.3 is 10.1 Å². The van der Waals surface area contributed by atoms with Crippen molar-refractivity contribution in [2.45, 2.75) is 13.3 Å². The first kappa shape index (κ1) is 15.7. The molecular weight excluding hydrogens is 224 g/mol. The Kier molecular flexibility index (Phi) is 6.60. The van der Waals surface area contributed by atoms with Crippen LogP contribution >= 0.6 is 0 Å². The molecule has 98 valence electrons. The zero-order valence-corrected chi connectivity index (χ0v) is 10.9. The molecule has 0 aliphatic rings. The smallest absolute Gasteiger partial charge is 0.376 e. The second kappa shape index (κ2) is 7.13. The summed E-state index contributed by atoms with van der Waals surface area (Å²) in [5, 5.41) is 2.31. The molecule has 1 N–H and O–H groups in total. The molecule has 6 heteroatoms.